The second-order valence-corrected chi connectivity index (χ2v) is 5.43. The highest BCUT2D eigenvalue weighted by Gasteiger charge is 2.14. The van der Waals surface area contributed by atoms with E-state index in [0.29, 0.717) is 16.9 Å². The number of ketones is 1. The Morgan fingerprint density at radius 2 is 1.87 bits per heavy atom. The van der Waals surface area contributed by atoms with Gasteiger partial charge in [-0.05, 0) is 31.2 Å². The monoisotopic (exact) mass is 302 g/mol. The predicted molar refractivity (Wildman–Crippen MR) is 87.9 cm³/mol. The van der Waals surface area contributed by atoms with Gasteiger partial charge in [0.1, 0.15) is 5.58 Å². The molecule has 4 rings (SSSR count). The SMILES string of the molecule is Cc1ccn(-c2ccc3cc(C(=O)c4ccccc4)oc3c2)n1. The summed E-state index contributed by atoms with van der Waals surface area (Å²) in [6, 6.07) is 18.6. The molecule has 4 heteroatoms. The van der Waals surface area contributed by atoms with Crippen molar-refractivity contribution >= 4 is 16.8 Å². The van der Waals surface area contributed by atoms with Crippen LogP contribution in [0.5, 0.6) is 0 Å². The molecule has 0 aliphatic rings. The van der Waals surface area contributed by atoms with E-state index >= 15 is 0 Å². The summed E-state index contributed by atoms with van der Waals surface area (Å²) in [6.07, 6.45) is 1.90. The molecule has 112 valence electrons. The molecule has 0 saturated carbocycles. The van der Waals surface area contributed by atoms with E-state index in [1.54, 1.807) is 22.9 Å². The van der Waals surface area contributed by atoms with Crippen LogP contribution in [0.25, 0.3) is 16.7 Å². The van der Waals surface area contributed by atoms with Crippen LogP contribution in [0.1, 0.15) is 21.8 Å². The number of rotatable bonds is 3. The Morgan fingerprint density at radius 3 is 2.61 bits per heavy atom. The molecule has 4 aromatic rings. The van der Waals surface area contributed by atoms with Crippen molar-refractivity contribution in [2.24, 2.45) is 0 Å². The van der Waals surface area contributed by atoms with Crippen LogP contribution in [0, 0.1) is 6.92 Å². The van der Waals surface area contributed by atoms with E-state index in [9.17, 15) is 4.79 Å². The highest BCUT2D eigenvalue weighted by Crippen LogP contribution is 2.24. The first-order valence-corrected chi connectivity index (χ1v) is 7.37. The van der Waals surface area contributed by atoms with Crippen molar-refractivity contribution < 1.29 is 9.21 Å². The Balaban J connectivity index is 1.75. The third kappa shape index (κ3) is 2.44. The van der Waals surface area contributed by atoms with E-state index in [1.165, 1.54) is 0 Å². The van der Waals surface area contributed by atoms with Gasteiger partial charge in [-0.1, -0.05) is 30.3 Å². The van der Waals surface area contributed by atoms with Crippen LogP contribution in [0.3, 0.4) is 0 Å². The summed E-state index contributed by atoms with van der Waals surface area (Å²) in [7, 11) is 0. The van der Waals surface area contributed by atoms with Gasteiger partial charge in [0.05, 0.1) is 11.4 Å². The molecule has 2 aromatic carbocycles. The number of aromatic nitrogens is 2. The smallest absolute Gasteiger partial charge is 0.228 e. The van der Waals surface area contributed by atoms with Crippen LogP contribution in [-0.2, 0) is 0 Å². The van der Waals surface area contributed by atoms with Gasteiger partial charge in [-0.15, -0.1) is 0 Å². The number of fused-ring (bicyclic) bond motifs is 1. The van der Waals surface area contributed by atoms with E-state index in [1.807, 2.05) is 55.6 Å². The number of hydrogen-bond donors (Lipinski definition) is 0. The number of hydrogen-bond acceptors (Lipinski definition) is 3. The summed E-state index contributed by atoms with van der Waals surface area (Å²) in [4.78, 5) is 12.5. The molecule has 0 unspecified atom stereocenters. The minimum Gasteiger partial charge on any atom is -0.452 e. The van der Waals surface area contributed by atoms with Crippen molar-refractivity contribution in [3.63, 3.8) is 0 Å². The van der Waals surface area contributed by atoms with E-state index < -0.39 is 0 Å². The van der Waals surface area contributed by atoms with E-state index in [0.717, 1.165) is 16.8 Å². The molecule has 0 N–H and O–H groups in total. The fourth-order valence-electron chi connectivity index (χ4n) is 2.56. The van der Waals surface area contributed by atoms with Gasteiger partial charge in [-0.2, -0.15) is 5.10 Å². The molecule has 0 amide bonds. The molecule has 2 heterocycles. The Bertz CT molecular complexity index is 997. The fraction of sp³-hybridized carbons (Fsp3) is 0.0526. The molecule has 0 saturated heterocycles. The molecule has 0 radical (unpaired) electrons. The van der Waals surface area contributed by atoms with Crippen molar-refractivity contribution in [1.82, 2.24) is 9.78 Å². The number of aryl methyl sites for hydroxylation is 1. The molecule has 0 atom stereocenters. The zero-order valence-electron chi connectivity index (χ0n) is 12.6. The molecule has 0 bridgehead atoms. The van der Waals surface area contributed by atoms with E-state index in [-0.39, 0.29) is 5.78 Å². The van der Waals surface area contributed by atoms with Crippen LogP contribution in [0.15, 0.2) is 71.3 Å². The van der Waals surface area contributed by atoms with E-state index in [4.69, 9.17) is 4.42 Å². The third-order valence-electron chi connectivity index (χ3n) is 3.75. The van der Waals surface area contributed by atoms with Crippen molar-refractivity contribution in [3.05, 3.63) is 83.9 Å². The maximum atomic E-state index is 12.5. The minimum absolute atomic E-state index is 0.113. The lowest BCUT2D eigenvalue weighted by atomic mass is 10.1. The minimum atomic E-state index is -0.113. The third-order valence-corrected chi connectivity index (χ3v) is 3.75. The second-order valence-electron chi connectivity index (χ2n) is 5.43. The quantitative estimate of drug-likeness (QED) is 0.534. The molecule has 0 fully saturated rings. The van der Waals surface area contributed by atoms with Crippen LogP contribution in [-0.4, -0.2) is 15.6 Å². The van der Waals surface area contributed by atoms with Gasteiger partial charge < -0.3 is 4.42 Å². The molecule has 4 nitrogen and oxygen atoms in total. The van der Waals surface area contributed by atoms with E-state index in [2.05, 4.69) is 5.10 Å². The first-order chi connectivity index (χ1) is 11.2. The molecular weight excluding hydrogens is 288 g/mol. The fourth-order valence-corrected chi connectivity index (χ4v) is 2.56. The maximum absolute atomic E-state index is 12.5. The Labute approximate surface area is 133 Å². The first kappa shape index (κ1) is 13.5. The van der Waals surface area contributed by atoms with Crippen molar-refractivity contribution in [2.45, 2.75) is 6.92 Å². The zero-order chi connectivity index (χ0) is 15.8. The highest BCUT2D eigenvalue weighted by molar-refractivity contribution is 6.09. The van der Waals surface area contributed by atoms with Gasteiger partial charge in [-0.25, -0.2) is 4.68 Å². The van der Waals surface area contributed by atoms with Gasteiger partial charge in [-0.3, -0.25) is 4.79 Å². The number of nitrogens with zero attached hydrogens (tertiary/aromatic N) is 2. The first-order valence-electron chi connectivity index (χ1n) is 7.37. The molecule has 0 spiro atoms. The van der Waals surface area contributed by atoms with Crippen molar-refractivity contribution in [2.75, 3.05) is 0 Å². The summed E-state index contributed by atoms with van der Waals surface area (Å²) in [5.41, 5.74) is 3.15. The van der Waals surface area contributed by atoms with Gasteiger partial charge in [0.2, 0.25) is 5.78 Å². The van der Waals surface area contributed by atoms with Gasteiger partial charge in [0.15, 0.2) is 5.76 Å². The van der Waals surface area contributed by atoms with Crippen LogP contribution in [0.2, 0.25) is 0 Å². The summed E-state index contributed by atoms with van der Waals surface area (Å²) >= 11 is 0. The number of carbonyl (C=O) groups is 1. The van der Waals surface area contributed by atoms with Crippen LogP contribution < -0.4 is 0 Å². The Hall–Kier alpha value is -3.14. The Morgan fingerprint density at radius 1 is 1.04 bits per heavy atom. The zero-order valence-corrected chi connectivity index (χ0v) is 12.6. The number of furan rings is 1. The average molecular weight is 302 g/mol. The van der Waals surface area contributed by atoms with Gasteiger partial charge in [0, 0.05) is 23.2 Å². The van der Waals surface area contributed by atoms with Crippen molar-refractivity contribution in [1.29, 1.82) is 0 Å². The lowest BCUT2D eigenvalue weighted by molar-refractivity contribution is 0.101. The summed E-state index contributed by atoms with van der Waals surface area (Å²) in [6.45, 7) is 1.94. The number of carbonyl (C=O) groups excluding carboxylic acids is 1. The number of benzene rings is 2. The standard InChI is InChI=1S/C19H14N2O2/c1-13-9-10-21(20-13)16-8-7-15-11-18(23-17(15)12-16)19(22)14-5-3-2-4-6-14/h2-12H,1H3. The summed E-state index contributed by atoms with van der Waals surface area (Å²) in [5, 5.41) is 5.29. The largest absolute Gasteiger partial charge is 0.452 e. The van der Waals surface area contributed by atoms with Gasteiger partial charge >= 0.3 is 0 Å². The summed E-state index contributed by atoms with van der Waals surface area (Å²) < 4.78 is 7.55. The van der Waals surface area contributed by atoms with Crippen LogP contribution >= 0.6 is 0 Å². The van der Waals surface area contributed by atoms with Gasteiger partial charge in [0.25, 0.3) is 0 Å². The summed E-state index contributed by atoms with van der Waals surface area (Å²) in [5.74, 6) is 0.235. The normalized spacial score (nSPS) is 11.0. The lowest BCUT2D eigenvalue weighted by Crippen LogP contribution is -1.98. The molecule has 23 heavy (non-hydrogen) atoms. The molecule has 0 aliphatic heterocycles. The molecular formula is C19H14N2O2. The Kier molecular flexibility index (Phi) is 3.08. The second kappa shape index (κ2) is 5.25. The topological polar surface area (TPSA) is 48.0 Å². The maximum Gasteiger partial charge on any atom is 0.228 e. The highest BCUT2D eigenvalue weighted by atomic mass is 16.3. The predicted octanol–water partition coefficient (Wildman–Crippen LogP) is 4.16. The molecule has 0 aliphatic carbocycles. The molecule has 2 aromatic heterocycles. The average Bonchev–Trinajstić information content (AvgIpc) is 3.20. The van der Waals surface area contributed by atoms with Crippen LogP contribution in [0.4, 0.5) is 0 Å². The lowest BCUT2D eigenvalue weighted by Gasteiger charge is -2.00. The van der Waals surface area contributed by atoms with Crippen molar-refractivity contribution in [3.8, 4) is 5.69 Å².